The van der Waals surface area contributed by atoms with Gasteiger partial charge in [0.2, 0.25) is 6.41 Å². The lowest BCUT2D eigenvalue weighted by Crippen LogP contribution is -2.23. The van der Waals surface area contributed by atoms with Crippen LogP contribution in [0.2, 0.25) is 6.32 Å². The normalized spacial score (nSPS) is 24.5. The summed E-state index contributed by atoms with van der Waals surface area (Å²) in [6.45, 7) is 0.702. The molecule has 0 bridgehead atoms. The van der Waals surface area contributed by atoms with Crippen LogP contribution in [0.3, 0.4) is 0 Å². The molecule has 2 atom stereocenters. The Balaban J connectivity index is 2.43. The van der Waals surface area contributed by atoms with Crippen molar-refractivity contribution in [2.75, 3.05) is 13.1 Å². The quantitative estimate of drug-likeness (QED) is 0.402. The molecule has 16 heavy (non-hydrogen) atoms. The molecule has 0 aromatic heterocycles. The number of hydrogen-bond donors (Lipinski definition) is 3. The van der Waals surface area contributed by atoms with Gasteiger partial charge in [-0.3, -0.25) is 9.59 Å². The maximum atomic E-state index is 10.9. The van der Waals surface area contributed by atoms with Crippen LogP contribution >= 0.6 is 0 Å². The second kappa shape index (κ2) is 5.86. The van der Waals surface area contributed by atoms with Crippen LogP contribution < -0.4 is 0 Å². The summed E-state index contributed by atoms with van der Waals surface area (Å²) in [5, 5.41) is 26.3. The smallest absolute Gasteiger partial charge is 0.451 e. The third-order valence-electron chi connectivity index (χ3n) is 2.97. The highest BCUT2D eigenvalue weighted by atomic mass is 16.4. The fourth-order valence-electron chi connectivity index (χ4n) is 2.13. The molecule has 1 amide bonds. The highest BCUT2D eigenvalue weighted by Gasteiger charge is 2.36. The Bertz CT molecular complexity index is 260. The molecule has 1 aliphatic heterocycles. The van der Waals surface area contributed by atoms with Gasteiger partial charge < -0.3 is 20.1 Å². The van der Waals surface area contributed by atoms with Gasteiger partial charge in [0, 0.05) is 13.1 Å². The highest BCUT2D eigenvalue weighted by Crippen LogP contribution is 2.27. The molecular weight excluding hydrogens is 213 g/mol. The summed E-state index contributed by atoms with van der Waals surface area (Å²) in [6.07, 6.45) is 2.05. The predicted octanol–water partition coefficient (Wildman–Crippen LogP) is -0.972. The number of rotatable bonds is 6. The zero-order chi connectivity index (χ0) is 12.1. The van der Waals surface area contributed by atoms with Gasteiger partial charge in [-0.25, -0.2) is 0 Å². The second-order valence-electron chi connectivity index (χ2n) is 4.18. The number of carboxylic acid groups (broad SMARTS) is 1. The largest absolute Gasteiger partial charge is 0.481 e. The average Bonchev–Trinajstić information content (AvgIpc) is 2.60. The minimum absolute atomic E-state index is 0.0820. The Labute approximate surface area is 94.0 Å². The molecule has 6 nitrogen and oxygen atoms in total. The van der Waals surface area contributed by atoms with Gasteiger partial charge in [-0.15, -0.1) is 0 Å². The van der Waals surface area contributed by atoms with Crippen LogP contribution in [0.1, 0.15) is 12.8 Å². The van der Waals surface area contributed by atoms with Gasteiger partial charge in [0.05, 0.1) is 5.92 Å². The van der Waals surface area contributed by atoms with Gasteiger partial charge in [-0.2, -0.15) is 0 Å². The van der Waals surface area contributed by atoms with Gasteiger partial charge in [0.25, 0.3) is 0 Å². The van der Waals surface area contributed by atoms with Crippen molar-refractivity contribution in [2.45, 2.75) is 19.2 Å². The summed E-state index contributed by atoms with van der Waals surface area (Å²) in [5.41, 5.74) is 0. The summed E-state index contributed by atoms with van der Waals surface area (Å²) in [5.74, 6) is -1.50. The van der Waals surface area contributed by atoms with E-state index in [-0.39, 0.29) is 18.8 Å². The minimum Gasteiger partial charge on any atom is -0.481 e. The Morgan fingerprint density at radius 1 is 1.44 bits per heavy atom. The van der Waals surface area contributed by atoms with E-state index in [9.17, 15) is 9.59 Å². The monoisotopic (exact) mass is 229 g/mol. The van der Waals surface area contributed by atoms with E-state index in [2.05, 4.69) is 0 Å². The highest BCUT2D eigenvalue weighted by molar-refractivity contribution is 6.40. The lowest BCUT2D eigenvalue weighted by atomic mass is 9.80. The van der Waals surface area contributed by atoms with Crippen LogP contribution in [0, 0.1) is 11.8 Å². The zero-order valence-electron chi connectivity index (χ0n) is 8.95. The number of carboxylic acids is 1. The van der Waals surface area contributed by atoms with Gasteiger partial charge >= 0.3 is 13.1 Å². The van der Waals surface area contributed by atoms with Gasteiger partial charge in [0.15, 0.2) is 0 Å². The summed E-state index contributed by atoms with van der Waals surface area (Å²) in [6, 6.07) is 0. The van der Waals surface area contributed by atoms with Crippen molar-refractivity contribution in [3.63, 3.8) is 0 Å². The summed E-state index contributed by atoms with van der Waals surface area (Å²) < 4.78 is 0. The fourth-order valence-corrected chi connectivity index (χ4v) is 2.13. The van der Waals surface area contributed by atoms with Crippen molar-refractivity contribution in [1.82, 2.24) is 4.90 Å². The van der Waals surface area contributed by atoms with E-state index in [1.807, 2.05) is 0 Å². The van der Waals surface area contributed by atoms with Gasteiger partial charge in [-0.05, 0) is 18.7 Å². The topological polar surface area (TPSA) is 98.1 Å². The molecular formula is C9H16BNO5. The number of nitrogens with zero attached hydrogens (tertiary/aromatic N) is 1. The van der Waals surface area contributed by atoms with Gasteiger partial charge in [0.1, 0.15) is 0 Å². The zero-order valence-corrected chi connectivity index (χ0v) is 8.95. The molecule has 1 aliphatic rings. The summed E-state index contributed by atoms with van der Waals surface area (Å²) in [7, 11) is -1.34. The fraction of sp³-hybridized carbons (Fsp3) is 0.778. The van der Waals surface area contributed by atoms with E-state index in [1.165, 1.54) is 4.90 Å². The molecule has 0 unspecified atom stereocenters. The molecule has 0 aliphatic carbocycles. The molecule has 90 valence electrons. The van der Waals surface area contributed by atoms with Crippen LogP contribution in [-0.2, 0) is 9.59 Å². The molecule has 0 saturated carbocycles. The van der Waals surface area contributed by atoms with Crippen LogP contribution in [-0.4, -0.2) is 52.6 Å². The van der Waals surface area contributed by atoms with E-state index >= 15 is 0 Å². The van der Waals surface area contributed by atoms with Gasteiger partial charge in [-0.1, -0.05) is 6.42 Å². The molecule has 7 heteroatoms. The molecule has 1 saturated heterocycles. The first kappa shape index (κ1) is 13.0. The number of carbonyl (C=O) groups is 2. The Hall–Kier alpha value is -1.08. The van der Waals surface area contributed by atoms with E-state index in [0.29, 0.717) is 25.8 Å². The Morgan fingerprint density at radius 2 is 2.12 bits per heavy atom. The maximum absolute atomic E-state index is 10.9. The maximum Gasteiger partial charge on any atom is 0.451 e. The molecule has 0 aromatic rings. The number of carbonyl (C=O) groups excluding carboxylic acids is 1. The summed E-state index contributed by atoms with van der Waals surface area (Å²) >= 11 is 0. The molecule has 1 heterocycles. The van der Waals surface area contributed by atoms with Crippen molar-refractivity contribution in [1.29, 1.82) is 0 Å². The number of hydrogen-bond acceptors (Lipinski definition) is 4. The first-order valence-corrected chi connectivity index (χ1v) is 5.33. The van der Waals surface area contributed by atoms with Crippen molar-refractivity contribution < 1.29 is 24.7 Å². The van der Waals surface area contributed by atoms with Crippen LogP contribution in [0.15, 0.2) is 0 Å². The van der Waals surface area contributed by atoms with E-state index < -0.39 is 19.0 Å². The number of aliphatic carboxylic acids is 1. The lowest BCUT2D eigenvalue weighted by Gasteiger charge is -2.13. The van der Waals surface area contributed by atoms with Crippen molar-refractivity contribution >= 4 is 19.5 Å². The third-order valence-corrected chi connectivity index (χ3v) is 2.97. The first-order valence-electron chi connectivity index (χ1n) is 5.33. The molecule has 0 aromatic carbocycles. The second-order valence-corrected chi connectivity index (χ2v) is 4.18. The van der Waals surface area contributed by atoms with Crippen molar-refractivity contribution in [2.24, 2.45) is 11.8 Å². The van der Waals surface area contributed by atoms with E-state index in [4.69, 9.17) is 15.2 Å². The predicted molar refractivity (Wildman–Crippen MR) is 56.5 cm³/mol. The third kappa shape index (κ3) is 3.50. The van der Waals surface area contributed by atoms with E-state index in [1.54, 1.807) is 0 Å². The van der Waals surface area contributed by atoms with Crippen LogP contribution in [0.4, 0.5) is 0 Å². The summed E-state index contributed by atoms with van der Waals surface area (Å²) in [4.78, 5) is 22.9. The van der Waals surface area contributed by atoms with Crippen molar-refractivity contribution in [3.05, 3.63) is 0 Å². The Morgan fingerprint density at radius 3 is 2.62 bits per heavy atom. The molecule has 0 radical (unpaired) electrons. The lowest BCUT2D eigenvalue weighted by molar-refractivity contribution is -0.142. The van der Waals surface area contributed by atoms with E-state index in [0.717, 1.165) is 0 Å². The molecule has 1 fully saturated rings. The van der Waals surface area contributed by atoms with Crippen molar-refractivity contribution in [3.8, 4) is 0 Å². The standard InChI is InChI=1S/C9H16BNO5/c12-6-11-4-7(2-1-3-10(15)16)8(5-11)9(13)14/h6-8,15-16H,1-5H2,(H,13,14)/t7-,8+/m0/s1. The first-order chi connectivity index (χ1) is 7.54. The number of amides is 1. The molecule has 1 rings (SSSR count). The average molecular weight is 229 g/mol. The SMILES string of the molecule is O=CN1C[C@H](CCCB(O)O)[C@H](C(=O)O)C1. The minimum atomic E-state index is -1.34. The number of likely N-dealkylation sites (tertiary alicyclic amines) is 1. The Kier molecular flexibility index (Phi) is 4.76. The van der Waals surface area contributed by atoms with Crippen LogP contribution in [0.25, 0.3) is 0 Å². The van der Waals surface area contributed by atoms with Crippen LogP contribution in [0.5, 0.6) is 0 Å². The molecule has 3 N–H and O–H groups in total. The molecule has 0 spiro atoms.